The van der Waals surface area contributed by atoms with Crippen LogP contribution in [0.1, 0.15) is 25.5 Å². The number of nitrogens with one attached hydrogen (secondary N) is 1. The summed E-state index contributed by atoms with van der Waals surface area (Å²) in [6.45, 7) is 2.34. The lowest BCUT2D eigenvalue weighted by Gasteiger charge is -2.34. The highest BCUT2D eigenvalue weighted by atomic mass is 79.9. The van der Waals surface area contributed by atoms with Crippen LogP contribution in [0.3, 0.4) is 0 Å². The van der Waals surface area contributed by atoms with Gasteiger partial charge in [-0.1, -0.05) is 15.9 Å². The molecule has 0 spiro atoms. The Hall–Kier alpha value is -1.90. The molecule has 3 rings (SSSR count). The van der Waals surface area contributed by atoms with Gasteiger partial charge in [0.2, 0.25) is 5.91 Å². The Morgan fingerprint density at radius 2 is 1.92 bits per heavy atom. The average Bonchev–Trinajstić information content (AvgIpc) is 2.53. The van der Waals surface area contributed by atoms with E-state index in [4.69, 9.17) is 0 Å². The molecule has 1 aliphatic heterocycles. The van der Waals surface area contributed by atoms with Gasteiger partial charge in [0.05, 0.1) is 0 Å². The van der Waals surface area contributed by atoms with Gasteiger partial charge < -0.3 is 10.2 Å². The summed E-state index contributed by atoms with van der Waals surface area (Å²) in [5, 5.41) is 3.14. The number of anilines is 1. The number of nitrogens with zero attached hydrogens (tertiary/aromatic N) is 2. The van der Waals surface area contributed by atoms with Crippen molar-refractivity contribution in [2.75, 3.05) is 18.0 Å². The minimum absolute atomic E-state index is 0.0117. The molecule has 0 aliphatic carbocycles. The van der Waals surface area contributed by atoms with Crippen molar-refractivity contribution in [1.82, 2.24) is 10.3 Å². The molecule has 4 nitrogen and oxygen atoms in total. The summed E-state index contributed by atoms with van der Waals surface area (Å²) >= 11 is 3.18. The van der Waals surface area contributed by atoms with Gasteiger partial charge in [-0.3, -0.25) is 4.79 Å². The molecule has 1 saturated heterocycles. The Morgan fingerprint density at radius 1 is 1.27 bits per heavy atom. The number of halogens is 5. The number of pyridine rings is 1. The highest BCUT2D eigenvalue weighted by Crippen LogP contribution is 2.37. The zero-order chi connectivity index (χ0) is 19.1. The first-order valence-corrected chi connectivity index (χ1v) is 8.83. The predicted octanol–water partition coefficient (Wildman–Crippen LogP) is 4.26. The third-order valence-corrected chi connectivity index (χ3v) is 4.80. The second kappa shape index (κ2) is 7.02. The summed E-state index contributed by atoms with van der Waals surface area (Å²) in [6.07, 6.45) is -3.47. The summed E-state index contributed by atoms with van der Waals surface area (Å²) in [5.41, 5.74) is -1.13. The van der Waals surface area contributed by atoms with Crippen LogP contribution in [0.25, 0.3) is 10.9 Å². The lowest BCUT2D eigenvalue weighted by atomic mass is 10.0. The van der Waals surface area contributed by atoms with Crippen LogP contribution < -0.4 is 10.2 Å². The van der Waals surface area contributed by atoms with E-state index in [2.05, 4.69) is 26.2 Å². The minimum Gasteiger partial charge on any atom is -0.371 e. The van der Waals surface area contributed by atoms with E-state index in [0.29, 0.717) is 41.5 Å². The van der Waals surface area contributed by atoms with Crippen molar-refractivity contribution in [3.8, 4) is 0 Å². The number of amides is 1. The molecule has 1 aromatic heterocycles. The number of aromatic nitrogens is 1. The van der Waals surface area contributed by atoms with Crippen molar-refractivity contribution >= 4 is 38.4 Å². The first kappa shape index (κ1) is 18.9. The summed E-state index contributed by atoms with van der Waals surface area (Å²) in [5.74, 6) is -0.946. The number of piperidine rings is 1. The van der Waals surface area contributed by atoms with E-state index in [-0.39, 0.29) is 17.5 Å². The van der Waals surface area contributed by atoms with Crippen molar-refractivity contribution in [2.24, 2.45) is 0 Å². The first-order chi connectivity index (χ1) is 12.1. The van der Waals surface area contributed by atoms with E-state index >= 15 is 0 Å². The summed E-state index contributed by atoms with van der Waals surface area (Å²) < 4.78 is 54.3. The maximum Gasteiger partial charge on any atom is 0.433 e. The fraction of sp³-hybridized carbons (Fsp3) is 0.412. The number of hydrogen-bond donors (Lipinski definition) is 1. The molecule has 1 N–H and O–H groups in total. The van der Waals surface area contributed by atoms with Gasteiger partial charge in [0, 0.05) is 41.6 Å². The quantitative estimate of drug-likeness (QED) is 0.719. The molecule has 140 valence electrons. The van der Waals surface area contributed by atoms with Crippen LogP contribution in [0, 0.1) is 5.82 Å². The highest BCUT2D eigenvalue weighted by molar-refractivity contribution is 9.10. The molecule has 1 amide bonds. The average molecular weight is 434 g/mol. The lowest BCUT2D eigenvalue weighted by molar-refractivity contribution is -0.141. The Kier molecular flexibility index (Phi) is 5.09. The second-order valence-corrected chi connectivity index (χ2v) is 7.19. The van der Waals surface area contributed by atoms with E-state index in [9.17, 15) is 22.4 Å². The SMILES string of the molecule is CC(=O)NC1CCN(c2cc(C(F)(F)F)nc3c(F)cc(Br)cc23)CC1. The van der Waals surface area contributed by atoms with E-state index in [0.717, 1.165) is 12.1 Å². The number of hydrogen-bond acceptors (Lipinski definition) is 3. The van der Waals surface area contributed by atoms with Crippen molar-refractivity contribution in [3.05, 3.63) is 34.2 Å². The fourth-order valence-electron chi connectivity index (χ4n) is 3.19. The van der Waals surface area contributed by atoms with Crippen LogP contribution in [-0.2, 0) is 11.0 Å². The molecule has 0 unspecified atom stereocenters. The Morgan fingerprint density at radius 3 is 2.50 bits per heavy atom. The van der Waals surface area contributed by atoms with E-state index in [1.54, 1.807) is 11.0 Å². The van der Waals surface area contributed by atoms with Gasteiger partial charge in [0.1, 0.15) is 11.2 Å². The van der Waals surface area contributed by atoms with Gasteiger partial charge in [-0.25, -0.2) is 9.37 Å². The molecule has 26 heavy (non-hydrogen) atoms. The molecular weight excluding hydrogens is 418 g/mol. The molecule has 1 fully saturated rings. The molecule has 0 bridgehead atoms. The van der Waals surface area contributed by atoms with Crippen LogP contribution in [0.2, 0.25) is 0 Å². The molecule has 1 aliphatic rings. The highest BCUT2D eigenvalue weighted by Gasteiger charge is 2.35. The fourth-order valence-corrected chi connectivity index (χ4v) is 3.62. The standard InChI is InChI=1S/C17H16BrF4N3O/c1-9(26)23-11-2-4-25(5-3-11)14-8-15(17(20,21)22)24-16-12(14)6-10(18)7-13(16)19/h6-8,11H,2-5H2,1H3,(H,23,26). The van der Waals surface area contributed by atoms with E-state index in [1.807, 2.05) is 0 Å². The van der Waals surface area contributed by atoms with Crippen LogP contribution in [0.4, 0.5) is 23.2 Å². The molecule has 9 heteroatoms. The monoisotopic (exact) mass is 433 g/mol. The molecule has 2 aromatic rings. The van der Waals surface area contributed by atoms with Gasteiger partial charge in [-0.2, -0.15) is 13.2 Å². The Balaban J connectivity index is 2.03. The van der Waals surface area contributed by atoms with Gasteiger partial charge in [0.25, 0.3) is 0 Å². The van der Waals surface area contributed by atoms with Crippen molar-refractivity contribution in [2.45, 2.75) is 32.0 Å². The minimum atomic E-state index is -4.67. The Bertz CT molecular complexity index is 848. The molecule has 1 aromatic carbocycles. The van der Waals surface area contributed by atoms with Crippen LogP contribution in [0.15, 0.2) is 22.7 Å². The van der Waals surface area contributed by atoms with Crippen LogP contribution >= 0.6 is 15.9 Å². The second-order valence-electron chi connectivity index (χ2n) is 6.27. The van der Waals surface area contributed by atoms with Crippen LogP contribution in [0.5, 0.6) is 0 Å². The zero-order valence-electron chi connectivity index (χ0n) is 13.8. The smallest absolute Gasteiger partial charge is 0.371 e. The summed E-state index contributed by atoms with van der Waals surface area (Å²) in [6, 6.07) is 3.62. The molecule has 0 saturated carbocycles. The maximum atomic E-state index is 14.2. The third-order valence-electron chi connectivity index (χ3n) is 4.34. The molecular formula is C17H16BrF4N3O. The molecule has 2 heterocycles. The van der Waals surface area contributed by atoms with Crippen LogP contribution in [-0.4, -0.2) is 30.0 Å². The molecule has 0 radical (unpaired) electrons. The number of alkyl halides is 3. The lowest BCUT2D eigenvalue weighted by Crippen LogP contribution is -2.44. The van der Waals surface area contributed by atoms with Gasteiger partial charge >= 0.3 is 6.18 Å². The van der Waals surface area contributed by atoms with Crippen molar-refractivity contribution < 1.29 is 22.4 Å². The van der Waals surface area contributed by atoms with E-state index in [1.165, 1.54) is 6.92 Å². The van der Waals surface area contributed by atoms with E-state index < -0.39 is 17.7 Å². The topological polar surface area (TPSA) is 45.2 Å². The first-order valence-electron chi connectivity index (χ1n) is 8.04. The third kappa shape index (κ3) is 3.92. The van der Waals surface area contributed by atoms with Gasteiger partial charge in [-0.05, 0) is 31.0 Å². The Labute approximate surface area is 155 Å². The maximum absolute atomic E-state index is 14.2. The number of benzene rings is 1. The predicted molar refractivity (Wildman–Crippen MR) is 93.5 cm³/mol. The zero-order valence-corrected chi connectivity index (χ0v) is 15.4. The number of carbonyl (C=O) groups is 1. The normalized spacial score (nSPS) is 16.2. The number of rotatable bonds is 2. The molecule has 0 atom stereocenters. The van der Waals surface area contributed by atoms with Gasteiger partial charge in [0.15, 0.2) is 5.82 Å². The largest absolute Gasteiger partial charge is 0.433 e. The van der Waals surface area contributed by atoms with Gasteiger partial charge in [-0.15, -0.1) is 0 Å². The number of carbonyl (C=O) groups excluding carboxylic acids is 1. The number of fused-ring (bicyclic) bond motifs is 1. The van der Waals surface area contributed by atoms with Crippen molar-refractivity contribution in [1.29, 1.82) is 0 Å². The summed E-state index contributed by atoms with van der Waals surface area (Å²) in [4.78, 5) is 16.4. The van der Waals surface area contributed by atoms with Crippen molar-refractivity contribution in [3.63, 3.8) is 0 Å². The summed E-state index contributed by atoms with van der Waals surface area (Å²) in [7, 11) is 0.